The van der Waals surface area contributed by atoms with Crippen molar-refractivity contribution in [1.82, 2.24) is 4.90 Å². The second-order valence-corrected chi connectivity index (χ2v) is 3.51. The molecule has 0 aromatic rings. The Morgan fingerprint density at radius 3 is 3.00 bits per heavy atom. The predicted octanol–water partition coefficient (Wildman–Crippen LogP) is 0.509. The summed E-state index contributed by atoms with van der Waals surface area (Å²) in [7, 11) is 0. The van der Waals surface area contributed by atoms with Gasteiger partial charge in [0.15, 0.2) is 0 Å². The van der Waals surface area contributed by atoms with Crippen molar-refractivity contribution >= 4 is 24.8 Å². The van der Waals surface area contributed by atoms with Crippen LogP contribution in [0.25, 0.3) is 0 Å². The summed E-state index contributed by atoms with van der Waals surface area (Å²) in [5.41, 5.74) is 0.337. The highest BCUT2D eigenvalue weighted by Crippen LogP contribution is 2.37. The zero-order valence-corrected chi connectivity index (χ0v) is 7.95. The van der Waals surface area contributed by atoms with E-state index < -0.39 is 5.97 Å². The Labute approximate surface area is 81.2 Å². The van der Waals surface area contributed by atoms with Gasteiger partial charge in [-0.1, -0.05) is 6.92 Å². The van der Waals surface area contributed by atoms with Crippen LogP contribution in [-0.2, 0) is 13.8 Å². The Morgan fingerprint density at radius 2 is 2.46 bits per heavy atom. The van der Waals surface area contributed by atoms with E-state index in [0.29, 0.717) is 12.1 Å². The van der Waals surface area contributed by atoms with E-state index in [1.807, 2.05) is 6.92 Å². The molecule has 5 heteroatoms. The summed E-state index contributed by atoms with van der Waals surface area (Å²) in [6.07, 6.45) is 2.29. The van der Waals surface area contributed by atoms with Gasteiger partial charge in [-0.25, -0.2) is 4.79 Å². The SMILES string of the molecule is CC1C=C(C(=O)OS)N2C(=O)CC12. The zero-order valence-electron chi connectivity index (χ0n) is 7.06. The Balaban J connectivity index is 2.24. The molecule has 0 bridgehead atoms. The molecule has 13 heavy (non-hydrogen) atoms. The van der Waals surface area contributed by atoms with Crippen molar-refractivity contribution in [2.24, 2.45) is 5.92 Å². The lowest BCUT2D eigenvalue weighted by Gasteiger charge is -2.37. The number of β-lactam (4-membered cyclic amide) rings is 1. The molecule has 2 rings (SSSR count). The van der Waals surface area contributed by atoms with Gasteiger partial charge in [-0.15, -0.1) is 0 Å². The third kappa shape index (κ3) is 1.07. The first-order valence-corrected chi connectivity index (χ1v) is 4.41. The lowest BCUT2D eigenvalue weighted by atomic mass is 9.94. The third-order valence-electron chi connectivity index (χ3n) is 2.56. The minimum atomic E-state index is -0.550. The highest BCUT2D eigenvalue weighted by atomic mass is 32.1. The van der Waals surface area contributed by atoms with Gasteiger partial charge >= 0.3 is 5.97 Å². The monoisotopic (exact) mass is 199 g/mol. The summed E-state index contributed by atoms with van der Waals surface area (Å²) in [6, 6.07) is 0.162. The fourth-order valence-corrected chi connectivity index (χ4v) is 1.92. The molecule has 1 saturated heterocycles. The van der Waals surface area contributed by atoms with E-state index in [4.69, 9.17) is 0 Å². The number of thiol groups is 1. The molecule has 2 unspecified atom stereocenters. The minimum Gasteiger partial charge on any atom is -0.390 e. The molecule has 2 heterocycles. The van der Waals surface area contributed by atoms with Gasteiger partial charge in [0.05, 0.1) is 6.04 Å². The van der Waals surface area contributed by atoms with Crippen molar-refractivity contribution in [2.75, 3.05) is 0 Å². The van der Waals surface area contributed by atoms with Gasteiger partial charge in [0.2, 0.25) is 5.91 Å². The van der Waals surface area contributed by atoms with Crippen molar-refractivity contribution in [3.63, 3.8) is 0 Å². The molecule has 4 nitrogen and oxygen atoms in total. The topological polar surface area (TPSA) is 46.6 Å². The van der Waals surface area contributed by atoms with Gasteiger partial charge in [-0.05, 0) is 12.0 Å². The first-order valence-electron chi connectivity index (χ1n) is 4.04. The van der Waals surface area contributed by atoms with Crippen molar-refractivity contribution in [2.45, 2.75) is 19.4 Å². The molecule has 2 aliphatic heterocycles. The Hall–Kier alpha value is -0.970. The van der Waals surface area contributed by atoms with Crippen molar-refractivity contribution in [1.29, 1.82) is 0 Å². The fraction of sp³-hybridized carbons (Fsp3) is 0.500. The number of rotatable bonds is 1. The summed E-state index contributed by atoms with van der Waals surface area (Å²) in [6.45, 7) is 1.98. The van der Waals surface area contributed by atoms with Crippen LogP contribution in [0.3, 0.4) is 0 Å². The molecular formula is C8H9NO3S. The van der Waals surface area contributed by atoms with Crippen LogP contribution in [0, 0.1) is 5.92 Å². The lowest BCUT2D eigenvalue weighted by molar-refractivity contribution is -0.147. The Morgan fingerprint density at radius 1 is 1.77 bits per heavy atom. The van der Waals surface area contributed by atoms with Crippen molar-refractivity contribution < 1.29 is 13.8 Å². The molecule has 1 amide bonds. The quantitative estimate of drug-likeness (QED) is 0.380. The van der Waals surface area contributed by atoms with E-state index in [1.54, 1.807) is 6.08 Å². The number of carbonyl (C=O) groups excluding carboxylic acids is 2. The maximum atomic E-state index is 11.1. The zero-order chi connectivity index (χ0) is 9.59. The normalized spacial score (nSPS) is 30.8. The first-order chi connectivity index (χ1) is 6.15. The van der Waals surface area contributed by atoms with E-state index in [9.17, 15) is 9.59 Å². The van der Waals surface area contributed by atoms with Crippen molar-refractivity contribution in [3.05, 3.63) is 11.8 Å². The molecule has 0 saturated carbocycles. The number of hydrogen-bond acceptors (Lipinski definition) is 4. The largest absolute Gasteiger partial charge is 0.390 e. The lowest BCUT2D eigenvalue weighted by Crippen LogP contribution is -2.51. The Kier molecular flexibility index (Phi) is 1.83. The second-order valence-electron chi connectivity index (χ2n) is 3.32. The van der Waals surface area contributed by atoms with E-state index in [1.165, 1.54) is 4.90 Å². The summed E-state index contributed by atoms with van der Waals surface area (Å²) < 4.78 is 4.28. The van der Waals surface area contributed by atoms with Crippen LogP contribution in [0.4, 0.5) is 0 Å². The number of hydrogen-bond donors (Lipinski definition) is 1. The molecule has 0 aromatic carbocycles. The molecule has 0 aromatic heterocycles. The number of fused-ring (bicyclic) bond motifs is 1. The van der Waals surface area contributed by atoms with Crippen LogP contribution >= 0.6 is 12.9 Å². The van der Waals surface area contributed by atoms with Crippen LogP contribution in [0.1, 0.15) is 13.3 Å². The number of nitrogens with zero attached hydrogens (tertiary/aromatic N) is 1. The minimum absolute atomic E-state index is 0.0145. The maximum Gasteiger partial charge on any atom is 0.366 e. The van der Waals surface area contributed by atoms with Gasteiger partial charge in [-0.3, -0.25) is 4.79 Å². The van der Waals surface area contributed by atoms with Gasteiger partial charge in [0.1, 0.15) is 5.70 Å². The molecule has 2 aliphatic rings. The van der Waals surface area contributed by atoms with Gasteiger partial charge in [0, 0.05) is 19.3 Å². The van der Waals surface area contributed by atoms with Crippen LogP contribution < -0.4 is 0 Å². The maximum absolute atomic E-state index is 11.1. The summed E-state index contributed by atoms with van der Waals surface area (Å²) in [5.74, 6) is -0.329. The smallest absolute Gasteiger partial charge is 0.366 e. The van der Waals surface area contributed by atoms with Crippen LogP contribution in [0.5, 0.6) is 0 Å². The molecule has 70 valence electrons. The summed E-state index contributed by atoms with van der Waals surface area (Å²) in [4.78, 5) is 23.8. The number of amides is 1. The van der Waals surface area contributed by atoms with Gasteiger partial charge in [0.25, 0.3) is 0 Å². The molecule has 1 fully saturated rings. The van der Waals surface area contributed by atoms with Crippen LogP contribution in [0.2, 0.25) is 0 Å². The highest BCUT2D eigenvalue weighted by molar-refractivity contribution is 7.75. The molecule has 0 spiro atoms. The van der Waals surface area contributed by atoms with Crippen molar-refractivity contribution in [3.8, 4) is 0 Å². The Bertz CT molecular complexity index is 313. The summed E-state index contributed by atoms with van der Waals surface area (Å²) >= 11 is 3.42. The number of carbonyl (C=O) groups is 2. The first kappa shape index (κ1) is 8.62. The van der Waals surface area contributed by atoms with Gasteiger partial charge in [-0.2, -0.15) is 0 Å². The molecule has 0 radical (unpaired) electrons. The molecule has 0 aliphatic carbocycles. The van der Waals surface area contributed by atoms with Gasteiger partial charge < -0.3 is 9.08 Å². The van der Waals surface area contributed by atoms with E-state index in [-0.39, 0.29) is 17.9 Å². The third-order valence-corrected chi connectivity index (χ3v) is 2.73. The van der Waals surface area contributed by atoms with E-state index >= 15 is 0 Å². The predicted molar refractivity (Wildman–Crippen MR) is 47.6 cm³/mol. The van der Waals surface area contributed by atoms with E-state index in [0.717, 1.165) is 0 Å². The standard InChI is InChI=1S/C8H9NO3S/c1-4-2-6(8(11)12-13)9-5(4)3-7(9)10/h2,4-5,13H,3H2,1H3. The highest BCUT2D eigenvalue weighted by Gasteiger charge is 2.47. The van der Waals surface area contributed by atoms with Crippen LogP contribution in [0.15, 0.2) is 11.8 Å². The second kappa shape index (κ2) is 2.77. The molecule has 2 atom stereocenters. The fourth-order valence-electron chi connectivity index (χ4n) is 1.83. The average molecular weight is 199 g/mol. The molecular weight excluding hydrogens is 190 g/mol. The van der Waals surface area contributed by atoms with E-state index in [2.05, 4.69) is 17.1 Å². The average Bonchev–Trinajstić information content (AvgIpc) is 2.36. The molecule has 0 N–H and O–H groups in total. The summed E-state index contributed by atoms with van der Waals surface area (Å²) in [5, 5.41) is 0. The van der Waals surface area contributed by atoms with Crippen LogP contribution in [-0.4, -0.2) is 22.8 Å².